The van der Waals surface area contributed by atoms with Crippen LogP contribution in [0.2, 0.25) is 5.15 Å². The van der Waals surface area contributed by atoms with Gasteiger partial charge in [0, 0.05) is 13.0 Å². The summed E-state index contributed by atoms with van der Waals surface area (Å²) in [6.45, 7) is 2.23. The van der Waals surface area contributed by atoms with E-state index >= 15 is 0 Å². The zero-order chi connectivity index (χ0) is 29.8. The molecule has 13 heteroatoms. The number of nitrogen functional groups attached to an aromatic ring is 2. The van der Waals surface area contributed by atoms with Gasteiger partial charge in [-0.25, -0.2) is 9.97 Å². The Hall–Kier alpha value is -4.00. The van der Waals surface area contributed by atoms with Crippen LogP contribution in [0.15, 0.2) is 41.4 Å². The number of halogens is 1. The lowest BCUT2D eigenvalue weighted by atomic mass is 9.94. The number of anilines is 2. The van der Waals surface area contributed by atoms with Crippen molar-refractivity contribution >= 4 is 52.3 Å². The quantitative estimate of drug-likeness (QED) is 0.0508. The number of hydrogen-bond donors (Lipinski definition) is 6. The summed E-state index contributed by atoms with van der Waals surface area (Å²) >= 11 is 5.83. The van der Waals surface area contributed by atoms with Crippen molar-refractivity contribution < 1.29 is 9.59 Å². The second-order valence-electron chi connectivity index (χ2n) is 9.89. The van der Waals surface area contributed by atoms with Crippen LogP contribution in [0, 0.1) is 0 Å². The lowest BCUT2D eigenvalue weighted by Gasteiger charge is -2.20. The first-order valence-corrected chi connectivity index (χ1v) is 13.8. The first-order valence-electron chi connectivity index (χ1n) is 13.5. The number of rotatable bonds is 15. The molecule has 0 fully saturated rings. The maximum Gasteiger partial charge on any atom is 0.280 e. The highest BCUT2D eigenvalue weighted by molar-refractivity contribution is 6.31. The van der Waals surface area contributed by atoms with Gasteiger partial charge in [-0.1, -0.05) is 48.0 Å². The minimum absolute atomic E-state index is 0.0484. The van der Waals surface area contributed by atoms with Gasteiger partial charge in [0.2, 0.25) is 6.41 Å². The number of unbranched alkanes of at least 4 members (excludes halogenated alkanes) is 1. The summed E-state index contributed by atoms with van der Waals surface area (Å²) in [6, 6.07) is 12.6. The van der Waals surface area contributed by atoms with Crippen LogP contribution in [-0.4, -0.2) is 73.0 Å². The lowest BCUT2D eigenvalue weighted by molar-refractivity contribution is -0.110. The Balaban J connectivity index is 1.55. The predicted molar refractivity (Wildman–Crippen MR) is 165 cm³/mol. The summed E-state index contributed by atoms with van der Waals surface area (Å²) in [5.41, 5.74) is 19.3. The SMILES string of the molecule is CN(C)CCCN[C@@H](Cc1ccc(CCCCN=C(N)NC(=O)c2nc(Cl)c(N)nc2N)c2ccccc12)NC=O. The molecule has 0 aliphatic rings. The topological polar surface area (TPSA) is 190 Å². The van der Waals surface area contributed by atoms with Gasteiger partial charge >= 0.3 is 0 Å². The van der Waals surface area contributed by atoms with Gasteiger partial charge in [0.1, 0.15) is 0 Å². The third kappa shape index (κ3) is 9.55. The van der Waals surface area contributed by atoms with Crippen LogP contribution < -0.4 is 33.2 Å². The maximum absolute atomic E-state index is 12.4. The second kappa shape index (κ2) is 15.7. The summed E-state index contributed by atoms with van der Waals surface area (Å²) in [7, 11) is 4.09. The standard InChI is InChI=1S/C28H39ClN10O2/c1-39(2)15-7-14-33-22(35-17-40)16-19-12-11-18(20-9-3-4-10-21(19)20)8-5-6-13-34-28(32)38-27(41)23-25(30)37-26(31)24(29)36-23/h3-4,9-12,17,22,33H,5-8,13-16H2,1-2H3,(H,35,40)(H4,30,31,37)(H3,32,34,38,41)/t22-/m1/s1. The van der Waals surface area contributed by atoms with Crippen molar-refractivity contribution in [3.63, 3.8) is 0 Å². The Morgan fingerprint density at radius 1 is 1.05 bits per heavy atom. The van der Waals surface area contributed by atoms with Crippen LogP contribution >= 0.6 is 11.6 Å². The first-order chi connectivity index (χ1) is 19.7. The molecule has 0 radical (unpaired) electrons. The van der Waals surface area contributed by atoms with E-state index in [0.717, 1.165) is 45.2 Å². The van der Waals surface area contributed by atoms with Crippen molar-refractivity contribution in [2.75, 3.05) is 45.2 Å². The van der Waals surface area contributed by atoms with Crippen LogP contribution in [0.25, 0.3) is 10.8 Å². The maximum atomic E-state index is 12.4. The van der Waals surface area contributed by atoms with E-state index in [-0.39, 0.29) is 34.6 Å². The van der Waals surface area contributed by atoms with Gasteiger partial charge in [-0.05, 0) is 74.8 Å². The number of guanidine groups is 1. The monoisotopic (exact) mass is 582 g/mol. The van der Waals surface area contributed by atoms with Crippen molar-refractivity contribution in [2.24, 2.45) is 10.7 Å². The zero-order valence-electron chi connectivity index (χ0n) is 23.5. The average Bonchev–Trinajstić information content (AvgIpc) is 2.93. The van der Waals surface area contributed by atoms with E-state index in [4.69, 9.17) is 28.8 Å². The normalized spacial score (nSPS) is 12.4. The van der Waals surface area contributed by atoms with E-state index in [1.807, 2.05) is 26.2 Å². The highest BCUT2D eigenvalue weighted by Crippen LogP contribution is 2.25. The molecule has 41 heavy (non-hydrogen) atoms. The third-order valence-corrected chi connectivity index (χ3v) is 6.75. The Morgan fingerprint density at radius 3 is 2.46 bits per heavy atom. The molecular formula is C28H39ClN10O2. The van der Waals surface area contributed by atoms with E-state index in [2.05, 4.69) is 60.1 Å². The van der Waals surface area contributed by atoms with E-state index in [1.54, 1.807) is 0 Å². The number of amides is 2. The zero-order valence-corrected chi connectivity index (χ0v) is 24.2. The fraction of sp³-hybridized carbons (Fsp3) is 0.393. The van der Waals surface area contributed by atoms with E-state index in [9.17, 15) is 9.59 Å². The summed E-state index contributed by atoms with van der Waals surface area (Å²) in [4.78, 5) is 37.6. The average molecular weight is 583 g/mol. The van der Waals surface area contributed by atoms with Gasteiger partial charge in [-0.15, -0.1) is 0 Å². The Labute approximate surface area is 245 Å². The smallest absolute Gasteiger partial charge is 0.280 e. The summed E-state index contributed by atoms with van der Waals surface area (Å²) in [6.07, 6.45) is 4.78. The number of benzene rings is 2. The molecule has 0 aliphatic heterocycles. The van der Waals surface area contributed by atoms with Crippen LogP contribution in [-0.2, 0) is 17.6 Å². The molecule has 1 atom stereocenters. The van der Waals surface area contributed by atoms with Gasteiger partial charge in [-0.3, -0.25) is 25.2 Å². The minimum atomic E-state index is -0.668. The number of hydrogen-bond acceptors (Lipinski definition) is 9. The van der Waals surface area contributed by atoms with Gasteiger partial charge in [0.25, 0.3) is 5.91 Å². The van der Waals surface area contributed by atoms with Crippen molar-refractivity contribution in [2.45, 2.75) is 38.3 Å². The van der Waals surface area contributed by atoms with Gasteiger partial charge < -0.3 is 27.4 Å². The Bertz CT molecular complexity index is 1370. The van der Waals surface area contributed by atoms with Gasteiger partial charge in [0.15, 0.2) is 28.4 Å². The number of aliphatic imine (C=N–C) groups is 1. The molecule has 2 amide bonds. The van der Waals surface area contributed by atoms with Gasteiger partial charge in [0.05, 0.1) is 6.17 Å². The number of carbonyl (C=O) groups is 2. The van der Waals surface area contributed by atoms with Crippen molar-refractivity contribution in [3.8, 4) is 0 Å². The van der Waals surface area contributed by atoms with Crippen LogP contribution in [0.4, 0.5) is 11.6 Å². The Kier molecular flexibility index (Phi) is 12.1. The molecule has 0 saturated heterocycles. The molecule has 0 unspecified atom stereocenters. The largest absolute Gasteiger partial charge is 0.382 e. The van der Waals surface area contributed by atoms with E-state index in [0.29, 0.717) is 13.0 Å². The summed E-state index contributed by atoms with van der Waals surface area (Å²) in [5.74, 6) is -0.930. The van der Waals surface area contributed by atoms with Crippen molar-refractivity contribution in [1.82, 2.24) is 30.8 Å². The molecule has 3 rings (SSSR count). The molecule has 0 spiro atoms. The number of carbonyl (C=O) groups excluding carboxylic acids is 2. The molecule has 12 nitrogen and oxygen atoms in total. The number of nitrogens with one attached hydrogen (secondary N) is 3. The third-order valence-electron chi connectivity index (χ3n) is 6.47. The molecule has 0 aliphatic carbocycles. The second-order valence-corrected chi connectivity index (χ2v) is 10.3. The molecule has 9 N–H and O–H groups in total. The highest BCUT2D eigenvalue weighted by atomic mass is 35.5. The van der Waals surface area contributed by atoms with Crippen LogP contribution in [0.5, 0.6) is 0 Å². The molecule has 220 valence electrons. The molecule has 0 bridgehead atoms. The number of nitrogens with zero attached hydrogens (tertiary/aromatic N) is 4. The highest BCUT2D eigenvalue weighted by Gasteiger charge is 2.17. The summed E-state index contributed by atoms with van der Waals surface area (Å²) < 4.78 is 0. The predicted octanol–water partition coefficient (Wildman–Crippen LogP) is 1.67. The molecular weight excluding hydrogens is 544 g/mol. The lowest BCUT2D eigenvalue weighted by Crippen LogP contribution is -2.44. The Morgan fingerprint density at radius 2 is 1.76 bits per heavy atom. The van der Waals surface area contributed by atoms with Crippen molar-refractivity contribution in [3.05, 3.63) is 58.4 Å². The number of fused-ring (bicyclic) bond motifs is 1. The fourth-order valence-corrected chi connectivity index (χ4v) is 4.56. The van der Waals surface area contributed by atoms with E-state index in [1.165, 1.54) is 21.9 Å². The molecule has 2 aromatic carbocycles. The van der Waals surface area contributed by atoms with Gasteiger partial charge in [-0.2, -0.15) is 0 Å². The van der Waals surface area contributed by atoms with Crippen molar-refractivity contribution in [1.29, 1.82) is 0 Å². The number of nitrogens with two attached hydrogens (primary N) is 3. The molecule has 3 aromatic rings. The molecule has 1 aromatic heterocycles. The van der Waals surface area contributed by atoms with Crippen LogP contribution in [0.1, 0.15) is 40.9 Å². The van der Waals surface area contributed by atoms with Crippen LogP contribution in [0.3, 0.4) is 0 Å². The minimum Gasteiger partial charge on any atom is -0.382 e. The van der Waals surface area contributed by atoms with E-state index < -0.39 is 5.91 Å². The molecule has 0 saturated carbocycles. The molecule has 1 heterocycles. The number of aromatic nitrogens is 2. The first kappa shape index (κ1) is 31.5. The fourth-order valence-electron chi connectivity index (χ4n) is 4.43. The number of aryl methyl sites for hydroxylation is 1. The summed E-state index contributed by atoms with van der Waals surface area (Å²) in [5, 5.41) is 11.0.